The number of nitrogen functional groups attached to an aromatic ring is 1. The molecule has 5 nitrogen and oxygen atoms in total. The Morgan fingerprint density at radius 2 is 2.11 bits per heavy atom. The molecule has 98 valence electrons. The molecule has 0 unspecified atom stereocenters. The molecule has 0 aliphatic heterocycles. The second-order valence-corrected chi connectivity index (χ2v) is 4.64. The molecule has 0 fully saturated rings. The Morgan fingerprint density at radius 1 is 1.26 bits per heavy atom. The van der Waals surface area contributed by atoms with E-state index in [2.05, 4.69) is 22.7 Å². The van der Waals surface area contributed by atoms with Crippen LogP contribution in [0.3, 0.4) is 0 Å². The number of hydrogen-bond donors (Lipinski definition) is 1. The van der Waals surface area contributed by atoms with Crippen molar-refractivity contribution >= 4 is 16.7 Å². The van der Waals surface area contributed by atoms with Crippen molar-refractivity contribution in [2.45, 2.75) is 26.4 Å². The molecule has 0 bridgehead atoms. The van der Waals surface area contributed by atoms with Crippen molar-refractivity contribution in [1.82, 2.24) is 19.3 Å². The van der Waals surface area contributed by atoms with E-state index in [0.717, 1.165) is 24.3 Å². The lowest BCUT2D eigenvalue weighted by Crippen LogP contribution is -2.09. The average molecular weight is 255 g/mol. The highest BCUT2D eigenvalue weighted by Gasteiger charge is 2.10. The SMILES string of the molecule is CCCn1c(Cn2cc(N)cn2)nc2ccccc21. The molecule has 0 saturated heterocycles. The molecule has 0 radical (unpaired) electrons. The maximum atomic E-state index is 5.69. The first-order valence-electron chi connectivity index (χ1n) is 6.50. The van der Waals surface area contributed by atoms with Gasteiger partial charge in [0.05, 0.1) is 29.5 Å². The molecule has 0 saturated carbocycles. The molecule has 3 rings (SSSR count). The molecule has 3 aromatic rings. The molecule has 0 atom stereocenters. The normalized spacial score (nSPS) is 11.2. The molecule has 2 N–H and O–H groups in total. The van der Waals surface area contributed by atoms with Crippen LogP contribution in [0.4, 0.5) is 5.69 Å². The lowest BCUT2D eigenvalue weighted by atomic mass is 10.3. The van der Waals surface area contributed by atoms with E-state index < -0.39 is 0 Å². The summed E-state index contributed by atoms with van der Waals surface area (Å²) in [6.45, 7) is 3.78. The van der Waals surface area contributed by atoms with E-state index in [9.17, 15) is 0 Å². The number of aromatic nitrogens is 4. The second-order valence-electron chi connectivity index (χ2n) is 4.64. The van der Waals surface area contributed by atoms with Gasteiger partial charge in [-0.1, -0.05) is 19.1 Å². The summed E-state index contributed by atoms with van der Waals surface area (Å²) in [7, 11) is 0. The standard InChI is InChI=1S/C14H17N5/c1-2-7-19-13-6-4-3-5-12(13)17-14(19)10-18-9-11(15)8-16-18/h3-6,8-9H,2,7,10,15H2,1H3. The van der Waals surface area contributed by atoms with Crippen LogP contribution in [0.2, 0.25) is 0 Å². The van der Waals surface area contributed by atoms with Gasteiger partial charge < -0.3 is 10.3 Å². The summed E-state index contributed by atoms with van der Waals surface area (Å²) >= 11 is 0. The van der Waals surface area contributed by atoms with Crippen molar-refractivity contribution in [3.63, 3.8) is 0 Å². The highest BCUT2D eigenvalue weighted by atomic mass is 15.3. The zero-order chi connectivity index (χ0) is 13.2. The summed E-state index contributed by atoms with van der Waals surface area (Å²) in [6, 6.07) is 8.22. The fourth-order valence-corrected chi connectivity index (χ4v) is 2.33. The molecular formula is C14H17N5. The minimum atomic E-state index is 0.645. The average Bonchev–Trinajstić information content (AvgIpc) is 2.96. The first kappa shape index (κ1) is 11.8. The van der Waals surface area contributed by atoms with Gasteiger partial charge in [0.15, 0.2) is 0 Å². The highest BCUT2D eigenvalue weighted by molar-refractivity contribution is 5.75. The summed E-state index contributed by atoms with van der Waals surface area (Å²) in [5, 5.41) is 4.22. The Hall–Kier alpha value is -2.30. The van der Waals surface area contributed by atoms with Crippen molar-refractivity contribution in [2.75, 3.05) is 5.73 Å². The van der Waals surface area contributed by atoms with Crippen LogP contribution < -0.4 is 5.73 Å². The van der Waals surface area contributed by atoms with E-state index in [0.29, 0.717) is 12.2 Å². The van der Waals surface area contributed by atoms with Crippen molar-refractivity contribution in [2.24, 2.45) is 0 Å². The van der Waals surface area contributed by atoms with Gasteiger partial charge in [-0.3, -0.25) is 4.68 Å². The maximum Gasteiger partial charge on any atom is 0.131 e. The first-order chi connectivity index (χ1) is 9.28. The summed E-state index contributed by atoms with van der Waals surface area (Å²) in [5.41, 5.74) is 8.59. The van der Waals surface area contributed by atoms with Crippen molar-refractivity contribution in [3.8, 4) is 0 Å². The van der Waals surface area contributed by atoms with E-state index in [-0.39, 0.29) is 0 Å². The number of hydrogen-bond acceptors (Lipinski definition) is 3. The van der Waals surface area contributed by atoms with E-state index in [1.165, 1.54) is 5.52 Å². The lowest BCUT2D eigenvalue weighted by Gasteiger charge is -2.07. The van der Waals surface area contributed by atoms with Crippen LogP contribution in [0.15, 0.2) is 36.7 Å². The molecule has 19 heavy (non-hydrogen) atoms. The Bertz CT molecular complexity index is 695. The van der Waals surface area contributed by atoms with Crippen LogP contribution in [-0.2, 0) is 13.1 Å². The zero-order valence-electron chi connectivity index (χ0n) is 11.0. The molecular weight excluding hydrogens is 238 g/mol. The highest BCUT2D eigenvalue weighted by Crippen LogP contribution is 2.17. The van der Waals surface area contributed by atoms with Gasteiger partial charge in [0, 0.05) is 12.7 Å². The number of benzene rings is 1. The minimum absolute atomic E-state index is 0.645. The summed E-state index contributed by atoms with van der Waals surface area (Å²) in [4.78, 5) is 4.70. The molecule has 1 aromatic carbocycles. The van der Waals surface area contributed by atoms with Crippen molar-refractivity contribution < 1.29 is 0 Å². The number of aryl methyl sites for hydroxylation is 1. The van der Waals surface area contributed by atoms with Gasteiger partial charge in [0.2, 0.25) is 0 Å². The molecule has 2 heterocycles. The number of nitrogens with two attached hydrogens (primary N) is 1. The van der Waals surface area contributed by atoms with Gasteiger partial charge >= 0.3 is 0 Å². The van der Waals surface area contributed by atoms with Crippen LogP contribution in [-0.4, -0.2) is 19.3 Å². The fourth-order valence-electron chi connectivity index (χ4n) is 2.33. The lowest BCUT2D eigenvalue weighted by molar-refractivity contribution is 0.593. The Morgan fingerprint density at radius 3 is 2.84 bits per heavy atom. The molecule has 0 aliphatic carbocycles. The Kier molecular flexibility index (Phi) is 2.95. The van der Waals surface area contributed by atoms with Crippen molar-refractivity contribution in [1.29, 1.82) is 0 Å². The zero-order valence-corrected chi connectivity index (χ0v) is 11.0. The van der Waals surface area contributed by atoms with Gasteiger partial charge in [0.25, 0.3) is 0 Å². The predicted octanol–water partition coefficient (Wildman–Crippen LogP) is 2.27. The van der Waals surface area contributed by atoms with E-state index >= 15 is 0 Å². The second kappa shape index (κ2) is 4.76. The molecule has 2 aromatic heterocycles. The summed E-state index contributed by atoms with van der Waals surface area (Å²) in [6.07, 6.45) is 4.57. The van der Waals surface area contributed by atoms with Crippen LogP contribution >= 0.6 is 0 Å². The quantitative estimate of drug-likeness (QED) is 0.778. The topological polar surface area (TPSA) is 61.7 Å². The third kappa shape index (κ3) is 2.19. The minimum Gasteiger partial charge on any atom is -0.396 e. The van der Waals surface area contributed by atoms with E-state index in [1.54, 1.807) is 6.20 Å². The van der Waals surface area contributed by atoms with E-state index in [1.807, 2.05) is 29.1 Å². The number of rotatable bonds is 4. The van der Waals surface area contributed by atoms with Crippen LogP contribution in [0, 0.1) is 0 Å². The van der Waals surface area contributed by atoms with Crippen molar-refractivity contribution in [3.05, 3.63) is 42.5 Å². The van der Waals surface area contributed by atoms with Gasteiger partial charge in [-0.2, -0.15) is 5.10 Å². The molecule has 0 amide bonds. The number of para-hydroxylation sites is 2. The number of imidazole rings is 1. The van der Waals surface area contributed by atoms with Crippen LogP contribution in [0.1, 0.15) is 19.2 Å². The third-order valence-corrected chi connectivity index (χ3v) is 3.14. The van der Waals surface area contributed by atoms with Gasteiger partial charge in [-0.25, -0.2) is 4.98 Å². The van der Waals surface area contributed by atoms with Gasteiger partial charge in [-0.05, 0) is 18.6 Å². The number of anilines is 1. The first-order valence-corrected chi connectivity index (χ1v) is 6.50. The number of fused-ring (bicyclic) bond motifs is 1. The molecule has 0 aliphatic rings. The van der Waals surface area contributed by atoms with Gasteiger partial charge in [0.1, 0.15) is 5.82 Å². The van der Waals surface area contributed by atoms with E-state index in [4.69, 9.17) is 10.7 Å². The molecule has 0 spiro atoms. The predicted molar refractivity (Wildman–Crippen MR) is 75.8 cm³/mol. The molecule has 5 heteroatoms. The smallest absolute Gasteiger partial charge is 0.131 e. The van der Waals surface area contributed by atoms with Crippen LogP contribution in [0.25, 0.3) is 11.0 Å². The Balaban J connectivity index is 2.04. The maximum absolute atomic E-state index is 5.69. The largest absolute Gasteiger partial charge is 0.396 e. The third-order valence-electron chi connectivity index (χ3n) is 3.14. The monoisotopic (exact) mass is 255 g/mol. The number of nitrogens with zero attached hydrogens (tertiary/aromatic N) is 4. The fraction of sp³-hybridized carbons (Fsp3) is 0.286. The Labute approximate surface area is 111 Å². The summed E-state index contributed by atoms with van der Waals surface area (Å²) < 4.78 is 4.08. The van der Waals surface area contributed by atoms with Gasteiger partial charge in [-0.15, -0.1) is 0 Å². The summed E-state index contributed by atoms with van der Waals surface area (Å²) in [5.74, 6) is 1.02. The van der Waals surface area contributed by atoms with Crippen LogP contribution in [0.5, 0.6) is 0 Å².